The monoisotopic (exact) mass is 168 g/mol. The molecule has 1 saturated heterocycles. The fourth-order valence-electron chi connectivity index (χ4n) is 2.70. The van der Waals surface area contributed by atoms with Gasteiger partial charge >= 0.3 is 0 Å². The average molecular weight is 168 g/mol. The summed E-state index contributed by atoms with van der Waals surface area (Å²) < 4.78 is 0. The van der Waals surface area contributed by atoms with Crippen molar-refractivity contribution in [1.29, 1.82) is 0 Å². The van der Waals surface area contributed by atoms with E-state index in [0.717, 1.165) is 12.5 Å². The molecule has 0 aromatic heterocycles. The molecule has 1 saturated carbocycles. The Labute approximate surface area is 75.1 Å². The van der Waals surface area contributed by atoms with Gasteiger partial charge in [0.1, 0.15) is 0 Å². The van der Waals surface area contributed by atoms with Crippen LogP contribution < -0.4 is 10.6 Å². The van der Waals surface area contributed by atoms with E-state index in [2.05, 4.69) is 24.5 Å². The van der Waals surface area contributed by atoms with Gasteiger partial charge in [-0.2, -0.15) is 0 Å². The summed E-state index contributed by atoms with van der Waals surface area (Å²) in [6.07, 6.45) is 5.50. The lowest BCUT2D eigenvalue weighted by atomic mass is 9.80. The highest BCUT2D eigenvalue weighted by atomic mass is 15.3. The first-order valence-electron chi connectivity index (χ1n) is 5.26. The Morgan fingerprint density at radius 2 is 2.08 bits per heavy atom. The highest BCUT2D eigenvalue weighted by Crippen LogP contribution is 2.33. The molecule has 1 spiro atoms. The summed E-state index contributed by atoms with van der Waals surface area (Å²) >= 11 is 0. The van der Waals surface area contributed by atoms with Gasteiger partial charge in [-0.25, -0.2) is 0 Å². The fraction of sp³-hybridized carbons (Fsp3) is 1.00. The summed E-state index contributed by atoms with van der Waals surface area (Å²) in [4.78, 5) is 0. The quantitative estimate of drug-likeness (QED) is 0.572. The Morgan fingerprint density at radius 1 is 1.25 bits per heavy atom. The molecule has 1 heterocycles. The topological polar surface area (TPSA) is 24.1 Å². The predicted molar refractivity (Wildman–Crippen MR) is 51.0 cm³/mol. The molecule has 2 nitrogen and oxygen atoms in total. The summed E-state index contributed by atoms with van der Waals surface area (Å²) in [5.41, 5.74) is 0.303. The van der Waals surface area contributed by atoms with Crippen molar-refractivity contribution >= 4 is 0 Å². The number of hydrogen-bond donors (Lipinski definition) is 2. The molecule has 2 rings (SSSR count). The maximum Gasteiger partial charge on any atom is 0.0716 e. The van der Waals surface area contributed by atoms with Crippen LogP contribution in [0, 0.1) is 5.92 Å². The largest absolute Gasteiger partial charge is 0.298 e. The zero-order chi connectivity index (χ0) is 8.60. The average Bonchev–Trinajstić information content (AvgIpc) is 2.41. The maximum atomic E-state index is 3.71. The van der Waals surface area contributed by atoms with Crippen molar-refractivity contribution in [3.05, 3.63) is 0 Å². The summed E-state index contributed by atoms with van der Waals surface area (Å²) in [5, 5.41) is 7.37. The van der Waals surface area contributed by atoms with Crippen LogP contribution in [-0.2, 0) is 0 Å². The molecule has 3 atom stereocenters. The van der Waals surface area contributed by atoms with E-state index in [-0.39, 0.29) is 0 Å². The van der Waals surface area contributed by atoms with Crippen molar-refractivity contribution in [2.45, 2.75) is 51.2 Å². The second kappa shape index (κ2) is 3.00. The van der Waals surface area contributed by atoms with Crippen LogP contribution in [0.4, 0.5) is 0 Å². The van der Waals surface area contributed by atoms with Gasteiger partial charge in [-0.05, 0) is 25.7 Å². The van der Waals surface area contributed by atoms with Gasteiger partial charge in [0.15, 0.2) is 0 Å². The molecule has 0 unspecified atom stereocenters. The molecule has 2 N–H and O–H groups in total. The maximum absolute atomic E-state index is 3.71. The highest BCUT2D eigenvalue weighted by Gasteiger charge is 2.41. The van der Waals surface area contributed by atoms with Crippen molar-refractivity contribution < 1.29 is 0 Å². The Bertz CT molecular complexity index is 165. The molecular weight excluding hydrogens is 148 g/mol. The van der Waals surface area contributed by atoms with Crippen molar-refractivity contribution in [3.63, 3.8) is 0 Å². The van der Waals surface area contributed by atoms with Crippen LogP contribution in [-0.4, -0.2) is 18.2 Å². The van der Waals surface area contributed by atoms with E-state index in [1.54, 1.807) is 0 Å². The first-order valence-corrected chi connectivity index (χ1v) is 5.26. The van der Waals surface area contributed by atoms with Gasteiger partial charge in [0.2, 0.25) is 0 Å². The fourth-order valence-corrected chi connectivity index (χ4v) is 2.70. The molecule has 2 fully saturated rings. The molecule has 0 bridgehead atoms. The van der Waals surface area contributed by atoms with Crippen molar-refractivity contribution in [3.8, 4) is 0 Å². The van der Waals surface area contributed by atoms with Crippen LogP contribution in [0.3, 0.4) is 0 Å². The Hall–Kier alpha value is -0.0800. The highest BCUT2D eigenvalue weighted by molar-refractivity contribution is 4.99. The smallest absolute Gasteiger partial charge is 0.0716 e. The molecule has 0 radical (unpaired) electrons. The normalized spacial score (nSPS) is 48.5. The zero-order valence-corrected chi connectivity index (χ0v) is 8.19. The van der Waals surface area contributed by atoms with Crippen LogP contribution in [0.25, 0.3) is 0 Å². The first-order chi connectivity index (χ1) is 5.73. The van der Waals surface area contributed by atoms with Gasteiger partial charge in [0, 0.05) is 12.6 Å². The predicted octanol–water partition coefficient (Wildman–Crippen LogP) is 1.47. The molecule has 2 aliphatic rings. The van der Waals surface area contributed by atoms with E-state index in [1.807, 2.05) is 0 Å². The minimum atomic E-state index is 0.303. The third kappa shape index (κ3) is 1.27. The van der Waals surface area contributed by atoms with Gasteiger partial charge in [-0.1, -0.05) is 19.8 Å². The standard InChI is InChI=1S/C10H20N2/c1-8-5-3-4-6-10(8)11-7-9(2)12-10/h8-9,11-12H,3-7H2,1-2H3/t8-,9+,10+/m0/s1. The van der Waals surface area contributed by atoms with Gasteiger partial charge < -0.3 is 0 Å². The van der Waals surface area contributed by atoms with Gasteiger partial charge in [0.25, 0.3) is 0 Å². The minimum absolute atomic E-state index is 0.303. The Morgan fingerprint density at radius 3 is 2.67 bits per heavy atom. The van der Waals surface area contributed by atoms with Crippen molar-refractivity contribution in [2.24, 2.45) is 5.92 Å². The van der Waals surface area contributed by atoms with Crippen LogP contribution >= 0.6 is 0 Å². The molecule has 12 heavy (non-hydrogen) atoms. The Kier molecular flexibility index (Phi) is 2.13. The minimum Gasteiger partial charge on any atom is -0.298 e. The third-order valence-corrected chi connectivity index (χ3v) is 3.53. The number of hydrogen-bond acceptors (Lipinski definition) is 2. The molecular formula is C10H20N2. The lowest BCUT2D eigenvalue weighted by Crippen LogP contribution is -2.56. The van der Waals surface area contributed by atoms with E-state index in [1.165, 1.54) is 25.7 Å². The van der Waals surface area contributed by atoms with Crippen molar-refractivity contribution in [1.82, 2.24) is 10.6 Å². The molecule has 1 aliphatic carbocycles. The van der Waals surface area contributed by atoms with Crippen LogP contribution in [0.5, 0.6) is 0 Å². The molecule has 2 heteroatoms. The number of rotatable bonds is 0. The summed E-state index contributed by atoms with van der Waals surface area (Å²) in [6, 6.07) is 0.658. The van der Waals surface area contributed by atoms with Crippen LogP contribution in [0.1, 0.15) is 39.5 Å². The molecule has 0 amide bonds. The summed E-state index contributed by atoms with van der Waals surface area (Å²) in [5.74, 6) is 0.802. The van der Waals surface area contributed by atoms with Gasteiger partial charge in [0.05, 0.1) is 5.66 Å². The summed E-state index contributed by atoms with van der Waals surface area (Å²) in [7, 11) is 0. The first kappa shape index (κ1) is 8.52. The van der Waals surface area contributed by atoms with Crippen molar-refractivity contribution in [2.75, 3.05) is 6.54 Å². The van der Waals surface area contributed by atoms with Gasteiger partial charge in [-0.3, -0.25) is 10.6 Å². The van der Waals surface area contributed by atoms with E-state index < -0.39 is 0 Å². The van der Waals surface area contributed by atoms with Crippen LogP contribution in [0.2, 0.25) is 0 Å². The second-order valence-electron chi connectivity index (χ2n) is 4.54. The zero-order valence-electron chi connectivity index (χ0n) is 8.19. The van der Waals surface area contributed by atoms with E-state index >= 15 is 0 Å². The third-order valence-electron chi connectivity index (χ3n) is 3.53. The lowest BCUT2D eigenvalue weighted by Gasteiger charge is -2.40. The molecule has 0 aromatic carbocycles. The molecule has 1 aliphatic heterocycles. The van der Waals surface area contributed by atoms with E-state index in [9.17, 15) is 0 Å². The molecule has 70 valence electrons. The SMILES string of the molecule is C[C@@H]1CN[C@]2(CCCC[C@@H]2C)N1. The summed E-state index contributed by atoms with van der Waals surface area (Å²) in [6.45, 7) is 5.78. The second-order valence-corrected chi connectivity index (χ2v) is 4.54. The number of nitrogens with one attached hydrogen (secondary N) is 2. The van der Waals surface area contributed by atoms with Crippen LogP contribution in [0.15, 0.2) is 0 Å². The van der Waals surface area contributed by atoms with Gasteiger partial charge in [-0.15, -0.1) is 0 Å². The van der Waals surface area contributed by atoms with E-state index in [4.69, 9.17) is 0 Å². The van der Waals surface area contributed by atoms with E-state index in [0.29, 0.717) is 11.7 Å². The lowest BCUT2D eigenvalue weighted by molar-refractivity contribution is 0.150. The Balaban J connectivity index is 2.07. The molecule has 0 aromatic rings.